The summed E-state index contributed by atoms with van der Waals surface area (Å²) in [5.41, 5.74) is 0. The van der Waals surface area contributed by atoms with E-state index in [1.807, 2.05) is 0 Å². The van der Waals surface area contributed by atoms with Gasteiger partial charge in [0.2, 0.25) is 0 Å². The first kappa shape index (κ1) is 9.92. The lowest BCUT2D eigenvalue weighted by atomic mass is 10.2. The van der Waals surface area contributed by atoms with E-state index in [0.717, 1.165) is 6.54 Å². The smallest absolute Gasteiger partial charge is 0.0245 e. The van der Waals surface area contributed by atoms with E-state index in [0.29, 0.717) is 6.04 Å². The van der Waals surface area contributed by atoms with Gasteiger partial charge in [0.05, 0.1) is 0 Å². The van der Waals surface area contributed by atoms with E-state index >= 15 is 0 Å². The van der Waals surface area contributed by atoms with E-state index < -0.39 is 0 Å². The van der Waals surface area contributed by atoms with Crippen LogP contribution in [0.5, 0.6) is 0 Å². The van der Waals surface area contributed by atoms with Crippen molar-refractivity contribution in [3.63, 3.8) is 0 Å². The molecule has 0 aliphatic rings. The topological polar surface area (TPSA) is 6.48 Å². The molecule has 0 aromatic rings. The molecule has 1 radical (unpaired) electrons. The lowest BCUT2D eigenvalue weighted by Gasteiger charge is -2.25. The Kier molecular flexibility index (Phi) is 4.65. The summed E-state index contributed by atoms with van der Waals surface area (Å²) in [5, 5.41) is 0. The Labute approximate surface area is 64.8 Å². The van der Waals surface area contributed by atoms with Crippen LogP contribution in [0, 0.1) is 6.42 Å². The van der Waals surface area contributed by atoms with Gasteiger partial charge in [0.25, 0.3) is 0 Å². The molecule has 0 amide bonds. The molecule has 0 rings (SSSR count). The number of hydrogen-bond donors (Lipinski definition) is 0. The number of hydrogen-bond acceptors (Lipinski definition) is 2. The van der Waals surface area contributed by atoms with E-state index in [2.05, 4.69) is 51.3 Å². The van der Waals surface area contributed by atoms with Gasteiger partial charge in [-0.1, -0.05) is 6.92 Å². The monoisotopic (exact) mass is 143 g/mol. The second-order valence-corrected chi connectivity index (χ2v) is 3.13. The van der Waals surface area contributed by atoms with Gasteiger partial charge in [-0.3, -0.25) is 0 Å². The summed E-state index contributed by atoms with van der Waals surface area (Å²) in [5.74, 6) is 0. The summed E-state index contributed by atoms with van der Waals surface area (Å²) in [7, 11) is 8.41. The van der Waals surface area contributed by atoms with E-state index in [-0.39, 0.29) is 0 Å². The van der Waals surface area contributed by atoms with Gasteiger partial charge in [0.15, 0.2) is 0 Å². The third kappa shape index (κ3) is 3.85. The third-order valence-electron chi connectivity index (χ3n) is 1.60. The SMILES string of the molecule is C[CH]C(CN(C)C)N(C)C. The summed E-state index contributed by atoms with van der Waals surface area (Å²) in [6, 6.07) is 0.579. The van der Waals surface area contributed by atoms with Gasteiger partial charge >= 0.3 is 0 Å². The van der Waals surface area contributed by atoms with Crippen LogP contribution in [0.4, 0.5) is 0 Å². The van der Waals surface area contributed by atoms with Crippen LogP contribution in [0.15, 0.2) is 0 Å². The van der Waals surface area contributed by atoms with Crippen molar-refractivity contribution in [2.75, 3.05) is 34.7 Å². The predicted molar refractivity (Wildman–Crippen MR) is 46.0 cm³/mol. The zero-order valence-electron chi connectivity index (χ0n) is 7.76. The van der Waals surface area contributed by atoms with Crippen molar-refractivity contribution in [2.24, 2.45) is 0 Å². The van der Waals surface area contributed by atoms with Gasteiger partial charge in [-0.2, -0.15) is 0 Å². The van der Waals surface area contributed by atoms with Crippen molar-refractivity contribution in [1.82, 2.24) is 9.80 Å². The molecule has 0 fully saturated rings. The molecule has 61 valence electrons. The van der Waals surface area contributed by atoms with Crippen LogP contribution >= 0.6 is 0 Å². The van der Waals surface area contributed by atoms with Crippen molar-refractivity contribution in [1.29, 1.82) is 0 Å². The van der Waals surface area contributed by atoms with Crippen molar-refractivity contribution in [3.05, 3.63) is 6.42 Å². The molecule has 1 unspecified atom stereocenters. The van der Waals surface area contributed by atoms with Crippen LogP contribution in [-0.4, -0.2) is 50.6 Å². The maximum atomic E-state index is 2.22. The summed E-state index contributed by atoms with van der Waals surface area (Å²) in [6.07, 6.45) is 2.22. The van der Waals surface area contributed by atoms with Crippen LogP contribution in [-0.2, 0) is 0 Å². The average molecular weight is 143 g/mol. The summed E-state index contributed by atoms with van der Waals surface area (Å²) >= 11 is 0. The Balaban J connectivity index is 3.60. The fourth-order valence-electron chi connectivity index (χ4n) is 0.941. The molecule has 0 aromatic carbocycles. The quantitative estimate of drug-likeness (QED) is 0.571. The van der Waals surface area contributed by atoms with Gasteiger partial charge in [-0.15, -0.1) is 0 Å². The molecule has 10 heavy (non-hydrogen) atoms. The highest BCUT2D eigenvalue weighted by molar-refractivity contribution is 4.80. The second kappa shape index (κ2) is 4.69. The lowest BCUT2D eigenvalue weighted by Crippen LogP contribution is -2.37. The largest absolute Gasteiger partial charge is 0.308 e. The first-order valence-corrected chi connectivity index (χ1v) is 3.68. The Hall–Kier alpha value is -0.0800. The minimum Gasteiger partial charge on any atom is -0.308 e. The van der Waals surface area contributed by atoms with E-state index in [9.17, 15) is 0 Å². The van der Waals surface area contributed by atoms with Crippen LogP contribution in [0.2, 0.25) is 0 Å². The number of rotatable bonds is 4. The molecular formula is C8H19N2. The van der Waals surface area contributed by atoms with Crippen molar-refractivity contribution in [3.8, 4) is 0 Å². The second-order valence-electron chi connectivity index (χ2n) is 3.13. The minimum atomic E-state index is 0.579. The first-order chi connectivity index (χ1) is 4.57. The van der Waals surface area contributed by atoms with Crippen molar-refractivity contribution < 1.29 is 0 Å². The molecule has 0 saturated heterocycles. The molecule has 2 nitrogen and oxygen atoms in total. The minimum absolute atomic E-state index is 0.579. The lowest BCUT2D eigenvalue weighted by molar-refractivity contribution is 0.254. The van der Waals surface area contributed by atoms with Gasteiger partial charge in [-0.25, -0.2) is 0 Å². The molecule has 0 saturated carbocycles. The van der Waals surface area contributed by atoms with Crippen LogP contribution in [0.1, 0.15) is 6.92 Å². The maximum absolute atomic E-state index is 2.22. The van der Waals surface area contributed by atoms with Gasteiger partial charge < -0.3 is 9.80 Å². The van der Waals surface area contributed by atoms with Crippen LogP contribution in [0.25, 0.3) is 0 Å². The number of likely N-dealkylation sites (N-methyl/N-ethyl adjacent to an activating group) is 2. The predicted octanol–water partition coefficient (Wildman–Crippen LogP) is 0.702. The molecule has 0 aliphatic heterocycles. The van der Waals surface area contributed by atoms with Crippen molar-refractivity contribution in [2.45, 2.75) is 13.0 Å². The maximum Gasteiger partial charge on any atom is 0.0245 e. The molecule has 2 heteroatoms. The third-order valence-corrected chi connectivity index (χ3v) is 1.60. The zero-order valence-corrected chi connectivity index (χ0v) is 7.76. The normalized spacial score (nSPS) is 14.7. The van der Waals surface area contributed by atoms with Gasteiger partial charge in [0, 0.05) is 12.6 Å². The highest BCUT2D eigenvalue weighted by Crippen LogP contribution is 1.97. The molecule has 0 heterocycles. The molecule has 0 spiro atoms. The van der Waals surface area contributed by atoms with Crippen LogP contribution in [0.3, 0.4) is 0 Å². The van der Waals surface area contributed by atoms with Gasteiger partial charge in [-0.05, 0) is 34.6 Å². The molecule has 1 atom stereocenters. The summed E-state index contributed by atoms with van der Waals surface area (Å²) in [6.45, 7) is 3.21. The van der Waals surface area contributed by atoms with E-state index in [4.69, 9.17) is 0 Å². The zero-order chi connectivity index (χ0) is 8.15. The molecular weight excluding hydrogens is 124 g/mol. The molecule has 0 N–H and O–H groups in total. The number of nitrogens with zero attached hydrogens (tertiary/aromatic N) is 2. The average Bonchev–Trinajstić information content (AvgIpc) is 1.81. The van der Waals surface area contributed by atoms with Gasteiger partial charge in [0.1, 0.15) is 0 Å². The fourth-order valence-corrected chi connectivity index (χ4v) is 0.941. The Morgan fingerprint density at radius 1 is 1.20 bits per heavy atom. The summed E-state index contributed by atoms with van der Waals surface area (Å²) < 4.78 is 0. The standard InChI is InChI=1S/C8H19N2/c1-6-8(10(4)5)7-9(2)3/h6,8H,7H2,1-5H3. The Morgan fingerprint density at radius 3 is 1.80 bits per heavy atom. The van der Waals surface area contributed by atoms with Crippen molar-refractivity contribution >= 4 is 0 Å². The van der Waals surface area contributed by atoms with E-state index in [1.54, 1.807) is 0 Å². The highest BCUT2D eigenvalue weighted by Gasteiger charge is 2.08. The fraction of sp³-hybridized carbons (Fsp3) is 0.875. The Morgan fingerprint density at radius 2 is 1.70 bits per heavy atom. The first-order valence-electron chi connectivity index (χ1n) is 3.68. The highest BCUT2D eigenvalue weighted by atomic mass is 15.2. The van der Waals surface area contributed by atoms with E-state index in [1.165, 1.54) is 0 Å². The molecule has 0 bridgehead atoms. The van der Waals surface area contributed by atoms with Crippen LogP contribution < -0.4 is 0 Å². The Bertz CT molecular complexity index is 79.3. The molecule has 0 aliphatic carbocycles. The summed E-state index contributed by atoms with van der Waals surface area (Å²) in [4.78, 5) is 4.42. The molecule has 0 aromatic heterocycles.